The third kappa shape index (κ3) is 4.20. The van der Waals surface area contributed by atoms with E-state index in [9.17, 15) is 0 Å². The average Bonchev–Trinajstić information content (AvgIpc) is 2.47. The van der Waals surface area contributed by atoms with E-state index < -0.39 is 0 Å². The van der Waals surface area contributed by atoms with E-state index in [2.05, 4.69) is 22.8 Å². The highest BCUT2D eigenvalue weighted by molar-refractivity contribution is 5.29. The maximum Gasteiger partial charge on any atom is 0.119 e. The van der Waals surface area contributed by atoms with Gasteiger partial charge < -0.3 is 20.1 Å². The third-order valence-electron chi connectivity index (χ3n) is 3.46. The molecule has 0 aliphatic carbocycles. The second kappa shape index (κ2) is 7.48. The Hall–Kier alpha value is -1.10. The van der Waals surface area contributed by atoms with Gasteiger partial charge in [0, 0.05) is 18.6 Å². The summed E-state index contributed by atoms with van der Waals surface area (Å²) >= 11 is 0. The lowest BCUT2D eigenvalue weighted by atomic mass is 9.99. The molecule has 1 aromatic carbocycles. The molecule has 2 atom stereocenters. The van der Waals surface area contributed by atoms with Crippen LogP contribution in [0.2, 0.25) is 0 Å². The molecular formula is C15H24N2O2. The second-order valence-corrected chi connectivity index (χ2v) is 4.80. The van der Waals surface area contributed by atoms with Crippen LogP contribution in [0, 0.1) is 0 Å². The Morgan fingerprint density at radius 1 is 1.42 bits per heavy atom. The minimum absolute atomic E-state index is 0.342. The number of benzene rings is 1. The second-order valence-electron chi connectivity index (χ2n) is 4.80. The van der Waals surface area contributed by atoms with Crippen molar-refractivity contribution >= 4 is 0 Å². The van der Waals surface area contributed by atoms with Crippen molar-refractivity contribution in [3.05, 3.63) is 29.8 Å². The molecule has 1 aromatic rings. The van der Waals surface area contributed by atoms with Gasteiger partial charge in [0.2, 0.25) is 0 Å². The van der Waals surface area contributed by atoms with E-state index in [-0.39, 0.29) is 0 Å². The molecule has 1 heterocycles. The van der Waals surface area contributed by atoms with Crippen LogP contribution in [0.1, 0.15) is 24.9 Å². The Bertz CT molecular complexity index is 361. The zero-order valence-corrected chi connectivity index (χ0v) is 11.8. The Morgan fingerprint density at radius 2 is 2.21 bits per heavy atom. The molecule has 1 saturated heterocycles. The molecule has 1 aliphatic rings. The van der Waals surface area contributed by atoms with Crippen LogP contribution in [0.25, 0.3) is 0 Å². The molecule has 0 spiro atoms. The first-order chi connectivity index (χ1) is 9.33. The van der Waals surface area contributed by atoms with Gasteiger partial charge in [0.25, 0.3) is 0 Å². The van der Waals surface area contributed by atoms with Crippen LogP contribution in [-0.4, -0.2) is 39.5 Å². The topological polar surface area (TPSA) is 42.5 Å². The highest BCUT2D eigenvalue weighted by atomic mass is 16.5. The average molecular weight is 264 g/mol. The van der Waals surface area contributed by atoms with Crippen molar-refractivity contribution in [2.24, 2.45) is 0 Å². The van der Waals surface area contributed by atoms with Crippen LogP contribution in [0.4, 0.5) is 0 Å². The van der Waals surface area contributed by atoms with Crippen molar-refractivity contribution in [3.63, 3.8) is 0 Å². The molecule has 0 radical (unpaired) electrons. The predicted molar refractivity (Wildman–Crippen MR) is 76.6 cm³/mol. The molecule has 4 nitrogen and oxygen atoms in total. The molecule has 0 amide bonds. The summed E-state index contributed by atoms with van der Waals surface area (Å²) in [5.41, 5.74) is 1.29. The van der Waals surface area contributed by atoms with Crippen LogP contribution in [0.15, 0.2) is 24.3 Å². The van der Waals surface area contributed by atoms with Crippen molar-refractivity contribution in [1.29, 1.82) is 0 Å². The van der Waals surface area contributed by atoms with Crippen molar-refractivity contribution in [1.82, 2.24) is 10.6 Å². The minimum atomic E-state index is 0.342. The standard InChI is InChI=1S/C15H24N2O2/c1-3-19-14-6-4-12(5-7-14)15(16-2)10-13-11-18-9-8-17-13/h4-7,13,15-17H,3,8-11H2,1-2H3. The molecule has 2 N–H and O–H groups in total. The Balaban J connectivity index is 1.95. The summed E-state index contributed by atoms with van der Waals surface area (Å²) in [6.45, 7) is 5.28. The van der Waals surface area contributed by atoms with Crippen molar-refractivity contribution in [3.8, 4) is 5.75 Å². The zero-order valence-electron chi connectivity index (χ0n) is 11.8. The van der Waals surface area contributed by atoms with Gasteiger partial charge >= 0.3 is 0 Å². The van der Waals surface area contributed by atoms with Crippen molar-refractivity contribution in [2.75, 3.05) is 33.4 Å². The molecule has 19 heavy (non-hydrogen) atoms. The Morgan fingerprint density at radius 3 is 2.79 bits per heavy atom. The van der Waals surface area contributed by atoms with Gasteiger partial charge in [0.1, 0.15) is 5.75 Å². The number of hydrogen-bond acceptors (Lipinski definition) is 4. The fourth-order valence-corrected chi connectivity index (χ4v) is 2.44. The van der Waals surface area contributed by atoms with Gasteiger partial charge in [0.15, 0.2) is 0 Å². The highest BCUT2D eigenvalue weighted by Crippen LogP contribution is 2.22. The summed E-state index contributed by atoms with van der Waals surface area (Å²) < 4.78 is 11.0. The number of rotatable bonds is 6. The molecule has 1 aliphatic heterocycles. The SMILES string of the molecule is CCOc1ccc(C(CC2COCCN2)NC)cc1. The van der Waals surface area contributed by atoms with Crippen LogP contribution < -0.4 is 15.4 Å². The first kappa shape index (κ1) is 14.3. The van der Waals surface area contributed by atoms with E-state index in [4.69, 9.17) is 9.47 Å². The fraction of sp³-hybridized carbons (Fsp3) is 0.600. The van der Waals surface area contributed by atoms with E-state index in [0.717, 1.165) is 31.9 Å². The smallest absolute Gasteiger partial charge is 0.119 e. The number of morpholine rings is 1. The summed E-state index contributed by atoms with van der Waals surface area (Å²) in [5.74, 6) is 0.931. The molecule has 0 saturated carbocycles. The van der Waals surface area contributed by atoms with Crippen molar-refractivity contribution < 1.29 is 9.47 Å². The summed E-state index contributed by atoms with van der Waals surface area (Å²) in [6.07, 6.45) is 1.03. The van der Waals surface area contributed by atoms with E-state index >= 15 is 0 Å². The first-order valence-corrected chi connectivity index (χ1v) is 7.04. The van der Waals surface area contributed by atoms with Crippen LogP contribution in [0.5, 0.6) is 5.75 Å². The lowest BCUT2D eigenvalue weighted by Crippen LogP contribution is -2.43. The molecule has 2 unspecified atom stereocenters. The monoisotopic (exact) mass is 264 g/mol. The maximum atomic E-state index is 5.50. The number of hydrogen-bond donors (Lipinski definition) is 2. The summed E-state index contributed by atoms with van der Waals surface area (Å²) in [6, 6.07) is 9.11. The fourth-order valence-electron chi connectivity index (χ4n) is 2.44. The van der Waals surface area contributed by atoms with Crippen LogP contribution in [0.3, 0.4) is 0 Å². The minimum Gasteiger partial charge on any atom is -0.494 e. The quantitative estimate of drug-likeness (QED) is 0.821. The lowest BCUT2D eigenvalue weighted by molar-refractivity contribution is 0.0708. The maximum absolute atomic E-state index is 5.50. The predicted octanol–water partition coefficient (Wildman–Crippen LogP) is 1.72. The summed E-state index contributed by atoms with van der Waals surface area (Å²) in [7, 11) is 2.00. The largest absolute Gasteiger partial charge is 0.494 e. The van der Waals surface area contributed by atoms with Crippen LogP contribution in [-0.2, 0) is 4.74 Å². The van der Waals surface area contributed by atoms with E-state index in [0.29, 0.717) is 18.7 Å². The molecular weight excluding hydrogens is 240 g/mol. The molecule has 106 valence electrons. The highest BCUT2D eigenvalue weighted by Gasteiger charge is 2.19. The number of nitrogens with one attached hydrogen (secondary N) is 2. The van der Waals surface area contributed by atoms with E-state index in [1.165, 1.54) is 5.56 Å². The van der Waals surface area contributed by atoms with Gasteiger partial charge in [-0.3, -0.25) is 0 Å². The zero-order chi connectivity index (χ0) is 13.5. The van der Waals surface area contributed by atoms with E-state index in [1.807, 2.05) is 26.1 Å². The summed E-state index contributed by atoms with van der Waals surface area (Å²) in [4.78, 5) is 0. The Kier molecular flexibility index (Phi) is 5.63. The summed E-state index contributed by atoms with van der Waals surface area (Å²) in [5, 5.41) is 6.88. The van der Waals surface area contributed by atoms with Crippen LogP contribution >= 0.6 is 0 Å². The van der Waals surface area contributed by atoms with Gasteiger partial charge in [-0.2, -0.15) is 0 Å². The lowest BCUT2D eigenvalue weighted by Gasteiger charge is -2.28. The van der Waals surface area contributed by atoms with Crippen molar-refractivity contribution in [2.45, 2.75) is 25.4 Å². The molecule has 0 aromatic heterocycles. The molecule has 2 rings (SSSR count). The van der Waals surface area contributed by atoms with Gasteiger partial charge in [0.05, 0.1) is 19.8 Å². The van der Waals surface area contributed by atoms with Gasteiger partial charge in [-0.05, 0) is 38.1 Å². The number of ether oxygens (including phenoxy) is 2. The van der Waals surface area contributed by atoms with Gasteiger partial charge in [-0.1, -0.05) is 12.1 Å². The molecule has 1 fully saturated rings. The normalized spacial score (nSPS) is 21.1. The van der Waals surface area contributed by atoms with Gasteiger partial charge in [-0.15, -0.1) is 0 Å². The third-order valence-corrected chi connectivity index (χ3v) is 3.46. The first-order valence-electron chi connectivity index (χ1n) is 7.04. The van der Waals surface area contributed by atoms with Gasteiger partial charge in [-0.25, -0.2) is 0 Å². The van der Waals surface area contributed by atoms with E-state index in [1.54, 1.807) is 0 Å². The molecule has 0 bridgehead atoms. The Labute approximate surface area is 115 Å². The molecule has 4 heteroatoms.